The largest absolute Gasteiger partial charge is 0.378 e. The van der Waals surface area contributed by atoms with Crippen LogP contribution in [0.1, 0.15) is 53.4 Å². The molecule has 1 amide bonds. The van der Waals surface area contributed by atoms with Gasteiger partial charge in [-0.3, -0.25) is 4.79 Å². The van der Waals surface area contributed by atoms with E-state index in [4.69, 9.17) is 4.74 Å². The number of carbonyl (C=O) groups is 1. The third kappa shape index (κ3) is 5.11. The van der Waals surface area contributed by atoms with Crippen molar-refractivity contribution in [3.63, 3.8) is 0 Å². The first-order chi connectivity index (χ1) is 9.12. The molecule has 112 valence electrons. The molecule has 1 fully saturated rings. The van der Waals surface area contributed by atoms with E-state index < -0.39 is 0 Å². The zero-order valence-corrected chi connectivity index (χ0v) is 12.9. The monoisotopic (exact) mass is 270 g/mol. The van der Waals surface area contributed by atoms with E-state index in [9.17, 15) is 4.79 Å². The average molecular weight is 270 g/mol. The number of rotatable bonds is 8. The number of hydrogen-bond acceptors (Lipinski definition) is 3. The van der Waals surface area contributed by atoms with E-state index in [0.29, 0.717) is 18.1 Å². The van der Waals surface area contributed by atoms with Crippen LogP contribution in [0.15, 0.2) is 0 Å². The highest BCUT2D eigenvalue weighted by molar-refractivity contribution is 5.81. The van der Waals surface area contributed by atoms with Gasteiger partial charge in [0.1, 0.15) is 0 Å². The molecule has 3 unspecified atom stereocenters. The number of hydrogen-bond donors (Lipinski definition) is 2. The molecule has 0 aromatic heterocycles. The maximum absolute atomic E-state index is 12.0. The van der Waals surface area contributed by atoms with Crippen LogP contribution in [0.25, 0.3) is 0 Å². The molecule has 1 aliphatic heterocycles. The minimum atomic E-state index is -0.126. The summed E-state index contributed by atoms with van der Waals surface area (Å²) in [5.74, 6) is 0.661. The van der Waals surface area contributed by atoms with Gasteiger partial charge in [-0.2, -0.15) is 0 Å². The average Bonchev–Trinajstić information content (AvgIpc) is 2.89. The summed E-state index contributed by atoms with van der Waals surface area (Å²) >= 11 is 0. The Balaban J connectivity index is 2.30. The molecule has 1 rings (SSSR count). The van der Waals surface area contributed by atoms with Gasteiger partial charge in [-0.1, -0.05) is 20.8 Å². The van der Waals surface area contributed by atoms with Gasteiger partial charge in [-0.15, -0.1) is 0 Å². The van der Waals surface area contributed by atoms with Gasteiger partial charge >= 0.3 is 0 Å². The first-order valence-corrected chi connectivity index (χ1v) is 7.77. The first kappa shape index (κ1) is 16.4. The highest BCUT2D eigenvalue weighted by Crippen LogP contribution is 2.22. The second-order valence-corrected chi connectivity index (χ2v) is 5.52. The maximum atomic E-state index is 12.0. The lowest BCUT2D eigenvalue weighted by atomic mass is 9.99. The number of ether oxygens (including phenoxy) is 1. The van der Waals surface area contributed by atoms with Crippen molar-refractivity contribution in [2.75, 3.05) is 13.2 Å². The Kier molecular flexibility index (Phi) is 7.39. The fourth-order valence-electron chi connectivity index (χ4n) is 2.62. The van der Waals surface area contributed by atoms with Crippen LogP contribution >= 0.6 is 0 Å². The zero-order chi connectivity index (χ0) is 14.3. The van der Waals surface area contributed by atoms with Crippen molar-refractivity contribution in [3.05, 3.63) is 0 Å². The van der Waals surface area contributed by atoms with Gasteiger partial charge in [-0.05, 0) is 38.5 Å². The molecular weight excluding hydrogens is 240 g/mol. The molecule has 1 aliphatic rings. The molecule has 0 bridgehead atoms. The lowest BCUT2D eigenvalue weighted by Gasteiger charge is -2.22. The van der Waals surface area contributed by atoms with E-state index in [2.05, 4.69) is 31.4 Å². The van der Waals surface area contributed by atoms with E-state index in [0.717, 1.165) is 38.8 Å². The van der Waals surface area contributed by atoms with Gasteiger partial charge in [0.25, 0.3) is 0 Å². The summed E-state index contributed by atoms with van der Waals surface area (Å²) in [4.78, 5) is 12.0. The van der Waals surface area contributed by atoms with Crippen molar-refractivity contribution < 1.29 is 9.53 Å². The standard InChI is InChI=1S/C15H30N2O2/c1-5-13(6-2)17-15(18)11(4)16-10-12-8-9-19-14(12)7-3/h11-14,16H,5-10H2,1-4H3,(H,17,18). The lowest BCUT2D eigenvalue weighted by Crippen LogP contribution is -2.47. The Bertz CT molecular complexity index is 267. The van der Waals surface area contributed by atoms with E-state index in [-0.39, 0.29) is 11.9 Å². The molecule has 0 saturated carbocycles. The van der Waals surface area contributed by atoms with Crippen LogP contribution in [0.5, 0.6) is 0 Å². The zero-order valence-electron chi connectivity index (χ0n) is 12.9. The first-order valence-electron chi connectivity index (χ1n) is 7.77. The molecule has 0 aromatic rings. The summed E-state index contributed by atoms with van der Waals surface area (Å²) in [7, 11) is 0. The molecule has 1 saturated heterocycles. The van der Waals surface area contributed by atoms with Gasteiger partial charge in [0.05, 0.1) is 12.1 Å². The van der Waals surface area contributed by atoms with Crippen LogP contribution in [-0.4, -0.2) is 37.2 Å². The molecule has 0 aliphatic carbocycles. The van der Waals surface area contributed by atoms with E-state index in [1.165, 1.54) is 0 Å². The summed E-state index contributed by atoms with van der Waals surface area (Å²) in [5.41, 5.74) is 0. The molecule has 3 atom stereocenters. The van der Waals surface area contributed by atoms with E-state index >= 15 is 0 Å². The molecule has 4 heteroatoms. The molecule has 2 N–H and O–H groups in total. The fraction of sp³-hybridized carbons (Fsp3) is 0.933. The van der Waals surface area contributed by atoms with Crippen LogP contribution in [0, 0.1) is 5.92 Å². The van der Waals surface area contributed by atoms with Crippen molar-refractivity contribution in [1.82, 2.24) is 10.6 Å². The Morgan fingerprint density at radius 1 is 1.32 bits per heavy atom. The number of carbonyl (C=O) groups excluding carboxylic acids is 1. The van der Waals surface area contributed by atoms with Crippen molar-refractivity contribution in [2.45, 2.75) is 71.6 Å². The minimum absolute atomic E-state index is 0.112. The second-order valence-electron chi connectivity index (χ2n) is 5.52. The Morgan fingerprint density at radius 3 is 2.58 bits per heavy atom. The van der Waals surface area contributed by atoms with Crippen molar-refractivity contribution in [3.8, 4) is 0 Å². The summed E-state index contributed by atoms with van der Waals surface area (Å²) in [6, 6.07) is 0.175. The topological polar surface area (TPSA) is 50.4 Å². The van der Waals surface area contributed by atoms with Gasteiger partial charge in [0.15, 0.2) is 0 Å². The van der Waals surface area contributed by atoms with Crippen LogP contribution in [-0.2, 0) is 9.53 Å². The van der Waals surface area contributed by atoms with Crippen molar-refractivity contribution in [1.29, 1.82) is 0 Å². The summed E-state index contributed by atoms with van der Waals surface area (Å²) in [6.07, 6.45) is 4.50. The van der Waals surface area contributed by atoms with Gasteiger partial charge in [-0.25, -0.2) is 0 Å². The predicted octanol–water partition coefficient (Wildman–Crippen LogP) is 2.08. The normalized spacial score (nSPS) is 24.7. The Hall–Kier alpha value is -0.610. The lowest BCUT2D eigenvalue weighted by molar-refractivity contribution is -0.123. The van der Waals surface area contributed by atoms with E-state index in [1.54, 1.807) is 0 Å². The van der Waals surface area contributed by atoms with Crippen molar-refractivity contribution in [2.24, 2.45) is 5.92 Å². The fourth-order valence-corrected chi connectivity index (χ4v) is 2.62. The molecule has 19 heavy (non-hydrogen) atoms. The third-order valence-electron chi connectivity index (χ3n) is 4.16. The minimum Gasteiger partial charge on any atom is -0.378 e. The maximum Gasteiger partial charge on any atom is 0.237 e. The molecule has 0 aromatic carbocycles. The Morgan fingerprint density at radius 2 is 2.00 bits per heavy atom. The third-order valence-corrected chi connectivity index (χ3v) is 4.16. The summed E-state index contributed by atoms with van der Waals surface area (Å²) < 4.78 is 5.67. The summed E-state index contributed by atoms with van der Waals surface area (Å²) in [6.45, 7) is 10.0. The van der Waals surface area contributed by atoms with Gasteiger partial charge < -0.3 is 15.4 Å². The SMILES string of the molecule is CCC(CC)NC(=O)C(C)NCC1CCOC1CC. The van der Waals surface area contributed by atoms with Crippen LogP contribution in [0.2, 0.25) is 0 Å². The number of nitrogens with one attached hydrogen (secondary N) is 2. The molecule has 0 spiro atoms. The highest BCUT2D eigenvalue weighted by atomic mass is 16.5. The quantitative estimate of drug-likeness (QED) is 0.710. The second kappa shape index (κ2) is 8.54. The smallest absolute Gasteiger partial charge is 0.237 e. The van der Waals surface area contributed by atoms with Crippen LogP contribution in [0.4, 0.5) is 0 Å². The number of amides is 1. The molecular formula is C15H30N2O2. The highest BCUT2D eigenvalue weighted by Gasteiger charge is 2.27. The van der Waals surface area contributed by atoms with Crippen molar-refractivity contribution >= 4 is 5.91 Å². The predicted molar refractivity (Wildman–Crippen MR) is 78.1 cm³/mol. The van der Waals surface area contributed by atoms with E-state index in [1.807, 2.05) is 6.92 Å². The molecule has 1 heterocycles. The molecule has 4 nitrogen and oxygen atoms in total. The van der Waals surface area contributed by atoms with Crippen LogP contribution < -0.4 is 10.6 Å². The van der Waals surface area contributed by atoms with Gasteiger partial charge in [0.2, 0.25) is 5.91 Å². The van der Waals surface area contributed by atoms with Gasteiger partial charge in [0, 0.05) is 19.2 Å². The molecule has 0 radical (unpaired) electrons. The summed E-state index contributed by atoms with van der Waals surface area (Å²) in [5, 5.41) is 6.43. The Labute approximate surface area is 117 Å². The van der Waals surface area contributed by atoms with Crippen LogP contribution in [0.3, 0.4) is 0 Å².